The molecule has 3 unspecified atom stereocenters. The SMILES string of the molecule is CC1CN(c2cc3c(cc2F)c(=O)c(C(=O)O)cn3C2CC2F)CCN1. The Morgan fingerprint density at radius 2 is 2.12 bits per heavy atom. The molecule has 0 bridgehead atoms. The number of benzene rings is 1. The number of nitrogens with one attached hydrogen (secondary N) is 1. The number of alkyl halides is 1. The molecule has 8 heteroatoms. The first kappa shape index (κ1) is 17.0. The number of hydrogen-bond donors (Lipinski definition) is 2. The minimum absolute atomic E-state index is 0.0339. The third-order valence-electron chi connectivity index (χ3n) is 5.08. The zero-order valence-electron chi connectivity index (χ0n) is 14.2. The fourth-order valence-electron chi connectivity index (χ4n) is 3.62. The van der Waals surface area contributed by atoms with Gasteiger partial charge in [-0.05, 0) is 19.1 Å². The maximum atomic E-state index is 14.7. The topological polar surface area (TPSA) is 74.6 Å². The molecule has 1 saturated carbocycles. The fraction of sp³-hybridized carbons (Fsp3) is 0.444. The van der Waals surface area contributed by atoms with Crippen molar-refractivity contribution in [2.75, 3.05) is 24.5 Å². The minimum Gasteiger partial charge on any atom is -0.477 e. The number of rotatable bonds is 3. The summed E-state index contributed by atoms with van der Waals surface area (Å²) < 4.78 is 29.9. The lowest BCUT2D eigenvalue weighted by atomic mass is 10.1. The van der Waals surface area contributed by atoms with Gasteiger partial charge >= 0.3 is 5.97 Å². The number of carboxylic acid groups (broad SMARTS) is 1. The van der Waals surface area contributed by atoms with E-state index in [4.69, 9.17) is 0 Å². The molecule has 2 aliphatic rings. The predicted molar refractivity (Wildman–Crippen MR) is 93.4 cm³/mol. The fourth-order valence-corrected chi connectivity index (χ4v) is 3.62. The highest BCUT2D eigenvalue weighted by Gasteiger charge is 2.40. The Bertz CT molecular complexity index is 959. The molecule has 6 nitrogen and oxygen atoms in total. The van der Waals surface area contributed by atoms with Crippen molar-refractivity contribution in [3.8, 4) is 0 Å². The molecule has 26 heavy (non-hydrogen) atoms. The van der Waals surface area contributed by atoms with Gasteiger partial charge in [0.1, 0.15) is 17.6 Å². The van der Waals surface area contributed by atoms with Crippen LogP contribution < -0.4 is 15.6 Å². The summed E-state index contributed by atoms with van der Waals surface area (Å²) in [5, 5.41) is 12.5. The van der Waals surface area contributed by atoms with E-state index in [1.54, 1.807) is 6.07 Å². The van der Waals surface area contributed by atoms with E-state index in [0.717, 1.165) is 6.07 Å². The zero-order chi connectivity index (χ0) is 18.6. The Kier molecular flexibility index (Phi) is 3.95. The number of piperazine rings is 1. The second-order valence-corrected chi connectivity index (χ2v) is 7.03. The Labute approximate surface area is 148 Å². The molecule has 2 heterocycles. The van der Waals surface area contributed by atoms with Crippen LogP contribution >= 0.6 is 0 Å². The molecule has 1 saturated heterocycles. The first-order valence-electron chi connectivity index (χ1n) is 8.61. The number of carboxylic acids is 1. The summed E-state index contributed by atoms with van der Waals surface area (Å²) in [5.41, 5.74) is -0.510. The lowest BCUT2D eigenvalue weighted by Gasteiger charge is -2.34. The number of carbonyl (C=O) groups is 1. The molecule has 0 radical (unpaired) electrons. The van der Waals surface area contributed by atoms with Crippen LogP contribution in [0.15, 0.2) is 23.1 Å². The van der Waals surface area contributed by atoms with Crippen LogP contribution in [0.4, 0.5) is 14.5 Å². The van der Waals surface area contributed by atoms with E-state index in [9.17, 15) is 23.5 Å². The molecule has 4 rings (SSSR count). The largest absolute Gasteiger partial charge is 0.477 e. The van der Waals surface area contributed by atoms with E-state index < -0.39 is 35.0 Å². The van der Waals surface area contributed by atoms with E-state index >= 15 is 0 Å². The summed E-state index contributed by atoms with van der Waals surface area (Å²) in [6.45, 7) is 3.92. The number of anilines is 1. The van der Waals surface area contributed by atoms with Crippen LogP contribution in [-0.2, 0) is 0 Å². The van der Waals surface area contributed by atoms with Gasteiger partial charge in [0.2, 0.25) is 5.43 Å². The molecular formula is C18H19F2N3O3. The lowest BCUT2D eigenvalue weighted by molar-refractivity contribution is 0.0694. The van der Waals surface area contributed by atoms with E-state index in [-0.39, 0.29) is 17.8 Å². The summed E-state index contributed by atoms with van der Waals surface area (Å²) >= 11 is 0. The summed E-state index contributed by atoms with van der Waals surface area (Å²) in [7, 11) is 0. The van der Waals surface area contributed by atoms with Crippen LogP contribution in [0.25, 0.3) is 10.9 Å². The molecule has 0 amide bonds. The number of aromatic nitrogens is 1. The number of fused-ring (bicyclic) bond motifs is 1. The predicted octanol–water partition coefficient (Wildman–Crippen LogP) is 1.92. The van der Waals surface area contributed by atoms with Gasteiger partial charge in [-0.1, -0.05) is 0 Å². The van der Waals surface area contributed by atoms with Crippen molar-refractivity contribution in [2.24, 2.45) is 0 Å². The molecule has 1 aliphatic heterocycles. The van der Waals surface area contributed by atoms with Gasteiger partial charge in [-0.25, -0.2) is 13.6 Å². The van der Waals surface area contributed by atoms with Gasteiger partial charge in [0.25, 0.3) is 0 Å². The molecule has 2 fully saturated rings. The van der Waals surface area contributed by atoms with E-state index in [2.05, 4.69) is 5.32 Å². The summed E-state index contributed by atoms with van der Waals surface area (Å²) in [6.07, 6.45) is 0.350. The van der Waals surface area contributed by atoms with Gasteiger partial charge in [0.05, 0.1) is 17.2 Å². The standard InChI is InChI=1S/C18H19F2N3O3/c1-9-7-22(3-2-21-9)15-6-14-10(4-12(15)19)17(24)11(18(25)26)8-23(14)16-5-13(16)20/h4,6,8-9,13,16,21H,2-3,5,7H2,1H3,(H,25,26). The van der Waals surface area contributed by atoms with Crippen LogP contribution in [0.2, 0.25) is 0 Å². The summed E-state index contributed by atoms with van der Waals surface area (Å²) in [6, 6.07) is 2.30. The van der Waals surface area contributed by atoms with Crippen molar-refractivity contribution >= 4 is 22.6 Å². The molecule has 1 aromatic carbocycles. The van der Waals surface area contributed by atoms with Crippen molar-refractivity contribution in [2.45, 2.75) is 31.6 Å². The van der Waals surface area contributed by atoms with Crippen molar-refractivity contribution < 1.29 is 18.7 Å². The van der Waals surface area contributed by atoms with Gasteiger partial charge in [-0.15, -0.1) is 0 Å². The summed E-state index contributed by atoms with van der Waals surface area (Å²) in [4.78, 5) is 25.7. The van der Waals surface area contributed by atoms with Crippen LogP contribution in [0, 0.1) is 5.82 Å². The lowest BCUT2D eigenvalue weighted by Crippen LogP contribution is -2.49. The normalized spacial score (nSPS) is 25.5. The monoisotopic (exact) mass is 363 g/mol. The number of halogens is 2. The van der Waals surface area contributed by atoms with Gasteiger partial charge in [0, 0.05) is 43.7 Å². The average molecular weight is 363 g/mol. The average Bonchev–Trinajstić information content (AvgIpc) is 3.31. The molecule has 2 aromatic rings. The van der Waals surface area contributed by atoms with E-state index in [0.29, 0.717) is 30.8 Å². The van der Waals surface area contributed by atoms with E-state index in [1.165, 1.54) is 10.8 Å². The third kappa shape index (κ3) is 2.74. The van der Waals surface area contributed by atoms with Crippen LogP contribution in [0.3, 0.4) is 0 Å². The van der Waals surface area contributed by atoms with Gasteiger partial charge in [-0.3, -0.25) is 4.79 Å². The molecular weight excluding hydrogens is 344 g/mol. The summed E-state index contributed by atoms with van der Waals surface area (Å²) in [5.74, 6) is -1.98. The Morgan fingerprint density at radius 1 is 1.38 bits per heavy atom. The number of nitrogens with zero attached hydrogens (tertiary/aromatic N) is 2. The van der Waals surface area contributed by atoms with Gasteiger partial charge in [-0.2, -0.15) is 0 Å². The third-order valence-corrected chi connectivity index (χ3v) is 5.08. The van der Waals surface area contributed by atoms with Crippen LogP contribution in [-0.4, -0.2) is 47.5 Å². The smallest absolute Gasteiger partial charge is 0.341 e. The van der Waals surface area contributed by atoms with Crippen molar-refractivity contribution in [3.63, 3.8) is 0 Å². The van der Waals surface area contributed by atoms with Gasteiger partial charge < -0.3 is 19.9 Å². The zero-order valence-corrected chi connectivity index (χ0v) is 14.2. The first-order valence-corrected chi connectivity index (χ1v) is 8.61. The number of hydrogen-bond acceptors (Lipinski definition) is 4. The Balaban J connectivity index is 1.93. The number of pyridine rings is 1. The van der Waals surface area contributed by atoms with E-state index in [1.807, 2.05) is 11.8 Å². The molecule has 1 aliphatic carbocycles. The molecule has 2 N–H and O–H groups in total. The van der Waals surface area contributed by atoms with Crippen LogP contribution in [0.5, 0.6) is 0 Å². The van der Waals surface area contributed by atoms with Crippen molar-refractivity contribution in [1.29, 1.82) is 0 Å². The Morgan fingerprint density at radius 3 is 2.73 bits per heavy atom. The number of aromatic carboxylic acids is 1. The second kappa shape index (κ2) is 6.05. The van der Waals surface area contributed by atoms with Gasteiger partial charge in [0.15, 0.2) is 0 Å². The maximum Gasteiger partial charge on any atom is 0.341 e. The highest BCUT2D eigenvalue weighted by Crippen LogP contribution is 2.41. The highest BCUT2D eigenvalue weighted by atomic mass is 19.1. The van der Waals surface area contributed by atoms with Crippen LogP contribution in [0.1, 0.15) is 29.7 Å². The maximum absolute atomic E-state index is 14.7. The molecule has 138 valence electrons. The molecule has 3 atom stereocenters. The van der Waals surface area contributed by atoms with Crippen molar-refractivity contribution in [3.05, 3.63) is 39.9 Å². The first-order chi connectivity index (χ1) is 12.4. The quantitative estimate of drug-likeness (QED) is 0.872. The molecule has 1 aromatic heterocycles. The second-order valence-electron chi connectivity index (χ2n) is 7.03. The van der Waals surface area contributed by atoms with Crippen molar-refractivity contribution in [1.82, 2.24) is 9.88 Å². The molecule has 0 spiro atoms. The highest BCUT2D eigenvalue weighted by molar-refractivity contribution is 5.93. The minimum atomic E-state index is -1.40. The Hall–Kier alpha value is -2.48.